The molecular weight excluding hydrogens is 156 g/mol. The number of aliphatic hydroxyl groups excluding tert-OH is 2. The average molecular weight is 168 g/mol. The van der Waals surface area contributed by atoms with E-state index in [1.165, 1.54) is 0 Å². The molecule has 0 aromatic carbocycles. The highest BCUT2D eigenvalue weighted by Gasteiger charge is 2.14. The maximum atomic E-state index is 9.48. The van der Waals surface area contributed by atoms with Gasteiger partial charge in [0.2, 0.25) is 0 Å². The molecule has 0 aliphatic rings. The third kappa shape index (κ3) is 2.01. The van der Waals surface area contributed by atoms with Crippen LogP contribution < -0.4 is 5.73 Å². The van der Waals surface area contributed by atoms with Gasteiger partial charge in [0.15, 0.2) is 0 Å². The number of nitrogens with two attached hydrogens (primary N) is 1. The number of nitrogens with zero attached hydrogens (tertiary/aromatic N) is 1. The first-order chi connectivity index (χ1) is 5.75. The zero-order valence-electron chi connectivity index (χ0n) is 6.59. The molecule has 66 valence electrons. The van der Waals surface area contributed by atoms with E-state index in [2.05, 4.69) is 4.98 Å². The van der Waals surface area contributed by atoms with Gasteiger partial charge in [0.1, 0.15) is 0 Å². The van der Waals surface area contributed by atoms with Crippen LogP contribution in [0.3, 0.4) is 0 Å². The fourth-order valence-corrected chi connectivity index (χ4v) is 0.908. The number of rotatable bonds is 3. The lowest BCUT2D eigenvalue weighted by Gasteiger charge is -2.15. The first-order valence-corrected chi connectivity index (χ1v) is 3.70. The molecule has 4 heteroatoms. The van der Waals surface area contributed by atoms with Crippen molar-refractivity contribution in [2.24, 2.45) is 5.73 Å². The van der Waals surface area contributed by atoms with Gasteiger partial charge in [-0.25, -0.2) is 0 Å². The van der Waals surface area contributed by atoms with Crippen LogP contribution in [-0.2, 0) is 0 Å². The lowest BCUT2D eigenvalue weighted by atomic mass is 10.1. The van der Waals surface area contributed by atoms with E-state index in [1.54, 1.807) is 24.5 Å². The Labute approximate surface area is 70.7 Å². The van der Waals surface area contributed by atoms with Gasteiger partial charge in [-0.2, -0.15) is 0 Å². The van der Waals surface area contributed by atoms with Crippen molar-refractivity contribution in [2.45, 2.75) is 12.1 Å². The Balaban J connectivity index is 2.71. The molecule has 1 aromatic rings. The molecule has 0 bridgehead atoms. The zero-order valence-corrected chi connectivity index (χ0v) is 6.59. The molecule has 0 aliphatic heterocycles. The Morgan fingerprint density at radius 2 is 2.00 bits per heavy atom. The maximum absolute atomic E-state index is 9.48. The summed E-state index contributed by atoms with van der Waals surface area (Å²) in [6, 6.07) is 2.70. The molecule has 0 saturated carbocycles. The standard InChI is InChI=1S/C8H12N2O2/c9-7(5-11)8(12)6-1-3-10-4-2-6/h1-4,7-8,11-12H,5,9H2. The molecule has 4 N–H and O–H groups in total. The van der Waals surface area contributed by atoms with Crippen molar-refractivity contribution < 1.29 is 10.2 Å². The number of aliphatic hydroxyl groups is 2. The van der Waals surface area contributed by atoms with Crippen LogP contribution in [0.2, 0.25) is 0 Å². The predicted molar refractivity (Wildman–Crippen MR) is 44.3 cm³/mol. The second kappa shape index (κ2) is 4.15. The molecule has 1 rings (SSSR count). The lowest BCUT2D eigenvalue weighted by Crippen LogP contribution is -2.31. The first kappa shape index (κ1) is 9.12. The highest BCUT2D eigenvalue weighted by Crippen LogP contribution is 2.13. The van der Waals surface area contributed by atoms with Crippen molar-refractivity contribution >= 4 is 0 Å². The summed E-state index contributed by atoms with van der Waals surface area (Å²) in [4.78, 5) is 3.80. The molecular formula is C8H12N2O2. The van der Waals surface area contributed by atoms with Gasteiger partial charge in [-0.15, -0.1) is 0 Å². The second-order valence-corrected chi connectivity index (χ2v) is 2.57. The third-order valence-electron chi connectivity index (χ3n) is 1.66. The Morgan fingerprint density at radius 1 is 1.42 bits per heavy atom. The highest BCUT2D eigenvalue weighted by molar-refractivity contribution is 5.14. The van der Waals surface area contributed by atoms with Crippen LogP contribution >= 0.6 is 0 Å². The first-order valence-electron chi connectivity index (χ1n) is 3.70. The third-order valence-corrected chi connectivity index (χ3v) is 1.66. The molecule has 12 heavy (non-hydrogen) atoms. The summed E-state index contributed by atoms with van der Waals surface area (Å²) < 4.78 is 0. The number of aromatic nitrogens is 1. The van der Waals surface area contributed by atoms with Crippen LogP contribution in [0.1, 0.15) is 11.7 Å². The minimum Gasteiger partial charge on any atom is -0.395 e. The summed E-state index contributed by atoms with van der Waals surface area (Å²) in [5, 5.41) is 18.1. The van der Waals surface area contributed by atoms with E-state index in [4.69, 9.17) is 10.8 Å². The van der Waals surface area contributed by atoms with Crippen LogP contribution in [0.5, 0.6) is 0 Å². The Morgan fingerprint density at radius 3 is 2.50 bits per heavy atom. The van der Waals surface area contributed by atoms with Crippen LogP contribution in [0, 0.1) is 0 Å². The minimum absolute atomic E-state index is 0.233. The smallest absolute Gasteiger partial charge is 0.0964 e. The zero-order chi connectivity index (χ0) is 8.97. The van der Waals surface area contributed by atoms with Crippen molar-refractivity contribution in [3.05, 3.63) is 30.1 Å². The summed E-state index contributed by atoms with van der Waals surface area (Å²) in [7, 11) is 0. The maximum Gasteiger partial charge on any atom is 0.0964 e. The Kier molecular flexibility index (Phi) is 3.16. The molecule has 0 saturated heterocycles. The van der Waals surface area contributed by atoms with Gasteiger partial charge >= 0.3 is 0 Å². The van der Waals surface area contributed by atoms with Crippen molar-refractivity contribution in [1.82, 2.24) is 4.98 Å². The normalized spacial score (nSPS) is 15.6. The van der Waals surface area contributed by atoms with E-state index in [-0.39, 0.29) is 6.61 Å². The van der Waals surface area contributed by atoms with Crippen LogP contribution in [-0.4, -0.2) is 27.8 Å². The van der Waals surface area contributed by atoms with Gasteiger partial charge in [-0.05, 0) is 17.7 Å². The topological polar surface area (TPSA) is 79.4 Å². The fraction of sp³-hybridized carbons (Fsp3) is 0.375. The van der Waals surface area contributed by atoms with Gasteiger partial charge in [-0.3, -0.25) is 4.98 Å². The van der Waals surface area contributed by atoms with Gasteiger partial charge in [0.05, 0.1) is 18.8 Å². The van der Waals surface area contributed by atoms with E-state index >= 15 is 0 Å². The summed E-state index contributed by atoms with van der Waals surface area (Å²) in [5.41, 5.74) is 6.10. The number of hydrogen-bond acceptors (Lipinski definition) is 4. The predicted octanol–water partition coefficient (Wildman–Crippen LogP) is -0.565. The van der Waals surface area contributed by atoms with Gasteiger partial charge < -0.3 is 15.9 Å². The molecule has 1 heterocycles. The molecule has 0 amide bonds. The van der Waals surface area contributed by atoms with Crippen LogP contribution in [0.15, 0.2) is 24.5 Å². The van der Waals surface area contributed by atoms with Crippen molar-refractivity contribution in [3.8, 4) is 0 Å². The Bertz CT molecular complexity index is 228. The van der Waals surface area contributed by atoms with Crippen LogP contribution in [0.25, 0.3) is 0 Å². The molecule has 0 radical (unpaired) electrons. The minimum atomic E-state index is -0.821. The largest absolute Gasteiger partial charge is 0.395 e. The van der Waals surface area contributed by atoms with Gasteiger partial charge in [0.25, 0.3) is 0 Å². The molecule has 0 fully saturated rings. The SMILES string of the molecule is NC(CO)C(O)c1ccncc1. The summed E-state index contributed by atoms with van der Waals surface area (Å²) in [6.07, 6.45) is 2.32. The molecule has 2 unspecified atom stereocenters. The van der Waals surface area contributed by atoms with Gasteiger partial charge in [0, 0.05) is 12.4 Å². The number of pyridine rings is 1. The molecule has 1 aromatic heterocycles. The van der Waals surface area contributed by atoms with E-state index in [1.807, 2.05) is 0 Å². The van der Waals surface area contributed by atoms with Crippen molar-refractivity contribution in [3.63, 3.8) is 0 Å². The quantitative estimate of drug-likeness (QED) is 0.565. The lowest BCUT2D eigenvalue weighted by molar-refractivity contribution is 0.109. The fourth-order valence-electron chi connectivity index (χ4n) is 0.908. The average Bonchev–Trinajstić information content (AvgIpc) is 2.17. The molecule has 4 nitrogen and oxygen atoms in total. The highest BCUT2D eigenvalue weighted by atomic mass is 16.3. The van der Waals surface area contributed by atoms with Crippen molar-refractivity contribution in [1.29, 1.82) is 0 Å². The Hall–Kier alpha value is -0.970. The van der Waals surface area contributed by atoms with E-state index in [9.17, 15) is 5.11 Å². The van der Waals surface area contributed by atoms with E-state index in [0.717, 1.165) is 0 Å². The monoisotopic (exact) mass is 168 g/mol. The summed E-state index contributed by atoms with van der Waals surface area (Å²) >= 11 is 0. The molecule has 0 aliphatic carbocycles. The van der Waals surface area contributed by atoms with E-state index < -0.39 is 12.1 Å². The van der Waals surface area contributed by atoms with Crippen molar-refractivity contribution in [2.75, 3.05) is 6.61 Å². The number of hydrogen-bond donors (Lipinski definition) is 3. The second-order valence-electron chi connectivity index (χ2n) is 2.57. The van der Waals surface area contributed by atoms with Gasteiger partial charge in [-0.1, -0.05) is 0 Å². The van der Waals surface area contributed by atoms with E-state index in [0.29, 0.717) is 5.56 Å². The van der Waals surface area contributed by atoms with Crippen LogP contribution in [0.4, 0.5) is 0 Å². The molecule has 2 atom stereocenters. The summed E-state index contributed by atoms with van der Waals surface area (Å²) in [5.74, 6) is 0. The summed E-state index contributed by atoms with van der Waals surface area (Å²) in [6.45, 7) is -0.233. The molecule has 0 spiro atoms.